The van der Waals surface area contributed by atoms with E-state index in [2.05, 4.69) is 161 Å². The van der Waals surface area contributed by atoms with Crippen LogP contribution in [0.25, 0.3) is 116 Å². The molecule has 4 heterocycles. The molecule has 0 saturated carbocycles. The highest BCUT2D eigenvalue weighted by atomic mass is 16.3. The van der Waals surface area contributed by atoms with Gasteiger partial charge < -0.3 is 8.98 Å². The molecule has 0 spiro atoms. The average Bonchev–Trinajstić information content (AvgIpc) is 3.85. The molecule has 0 fully saturated rings. The molecular weight excluding hydrogens is 711 g/mol. The van der Waals surface area contributed by atoms with Crippen molar-refractivity contribution in [2.24, 2.45) is 0 Å². The Labute approximate surface area is 332 Å². The zero-order chi connectivity index (χ0) is 38.2. The second kappa shape index (κ2) is 12.8. The lowest BCUT2D eigenvalue weighted by Crippen LogP contribution is -2.01. The summed E-state index contributed by atoms with van der Waals surface area (Å²) in [4.78, 5) is 20.3. The van der Waals surface area contributed by atoms with Gasteiger partial charge in [0.05, 0.1) is 16.4 Å². The van der Waals surface area contributed by atoms with Gasteiger partial charge in [0.2, 0.25) is 5.71 Å². The molecule has 6 nitrogen and oxygen atoms in total. The molecule has 0 amide bonds. The zero-order valence-corrected chi connectivity index (χ0v) is 31.0. The second-order valence-electron chi connectivity index (χ2n) is 14.7. The number of nitrogens with zero attached hydrogens (tertiary/aromatic N) is 5. The molecule has 6 heteroatoms. The fourth-order valence-corrected chi connectivity index (χ4v) is 8.56. The number of aromatic nitrogens is 5. The van der Waals surface area contributed by atoms with E-state index in [-0.39, 0.29) is 0 Å². The molecule has 12 aromatic rings. The molecule has 0 aliphatic heterocycles. The number of pyridine rings is 1. The quantitative estimate of drug-likeness (QED) is 0.176. The summed E-state index contributed by atoms with van der Waals surface area (Å²) in [6.45, 7) is 0. The van der Waals surface area contributed by atoms with Crippen LogP contribution in [-0.2, 0) is 0 Å². The van der Waals surface area contributed by atoms with E-state index >= 15 is 0 Å². The van der Waals surface area contributed by atoms with E-state index in [0.29, 0.717) is 23.2 Å². The number of benzene rings is 8. The first kappa shape index (κ1) is 32.3. The Morgan fingerprint density at radius 3 is 1.93 bits per heavy atom. The van der Waals surface area contributed by atoms with Crippen LogP contribution in [0, 0.1) is 0 Å². The molecule has 0 saturated heterocycles. The van der Waals surface area contributed by atoms with Crippen molar-refractivity contribution in [2.75, 3.05) is 0 Å². The standard InChI is InChI=1S/C52H31N5O/c1-2-11-32(12-3-1)34-21-22-36-30-38(24-23-35(36)29-34)50-54-49(55-51(56-50)44-27-28-53-52-47(44)43-18-7-9-20-46(43)58-52)37-14-10-15-39(31-37)57-45-19-8-6-17-41(45)42-26-25-33-13-4-5-16-40(33)48(42)57/h1-31H. The lowest BCUT2D eigenvalue weighted by atomic mass is 10.00. The smallest absolute Gasteiger partial charge is 0.228 e. The van der Waals surface area contributed by atoms with Gasteiger partial charge >= 0.3 is 0 Å². The van der Waals surface area contributed by atoms with E-state index in [1.165, 1.54) is 38.2 Å². The molecule has 8 aromatic carbocycles. The van der Waals surface area contributed by atoms with Gasteiger partial charge in [-0.15, -0.1) is 0 Å². The molecular formula is C52H31N5O. The lowest BCUT2D eigenvalue weighted by molar-refractivity contribution is 0.654. The van der Waals surface area contributed by atoms with Crippen LogP contribution < -0.4 is 0 Å². The molecule has 0 aliphatic rings. The summed E-state index contributed by atoms with van der Waals surface area (Å²) in [7, 11) is 0. The SMILES string of the molecule is c1ccc(-c2ccc3cc(-c4nc(-c5cccc(-n6c7ccccc7c7ccc8ccccc8c76)c5)nc(-c5ccnc6oc7ccccc7c56)n4)ccc3c2)cc1. The lowest BCUT2D eigenvalue weighted by Gasteiger charge is -2.13. The van der Waals surface area contributed by atoms with Crippen LogP contribution in [0.4, 0.5) is 0 Å². The predicted molar refractivity (Wildman–Crippen MR) is 236 cm³/mol. The van der Waals surface area contributed by atoms with Crippen LogP contribution >= 0.6 is 0 Å². The highest BCUT2D eigenvalue weighted by Gasteiger charge is 2.20. The van der Waals surface area contributed by atoms with Crippen LogP contribution in [0.5, 0.6) is 0 Å². The van der Waals surface area contributed by atoms with E-state index in [1.807, 2.05) is 30.3 Å². The summed E-state index contributed by atoms with van der Waals surface area (Å²) in [6.07, 6.45) is 1.76. The van der Waals surface area contributed by atoms with Gasteiger partial charge in [-0.25, -0.2) is 19.9 Å². The zero-order valence-electron chi connectivity index (χ0n) is 31.0. The maximum atomic E-state index is 6.21. The largest absolute Gasteiger partial charge is 0.438 e. The minimum atomic E-state index is 0.544. The van der Waals surface area contributed by atoms with Crippen molar-refractivity contribution in [3.05, 3.63) is 188 Å². The number of hydrogen-bond donors (Lipinski definition) is 0. The van der Waals surface area contributed by atoms with Gasteiger partial charge in [-0.05, 0) is 69.8 Å². The molecule has 0 N–H and O–H groups in total. The number of fused-ring (bicyclic) bond motifs is 9. The summed E-state index contributed by atoms with van der Waals surface area (Å²) in [5.41, 5.74) is 9.62. The molecule has 270 valence electrons. The summed E-state index contributed by atoms with van der Waals surface area (Å²) >= 11 is 0. The third-order valence-electron chi connectivity index (χ3n) is 11.3. The van der Waals surface area contributed by atoms with Crippen molar-refractivity contribution in [1.82, 2.24) is 24.5 Å². The van der Waals surface area contributed by atoms with Gasteiger partial charge in [0.25, 0.3) is 0 Å². The summed E-state index contributed by atoms with van der Waals surface area (Å²) in [5, 5.41) is 8.91. The van der Waals surface area contributed by atoms with Crippen LogP contribution in [0.1, 0.15) is 0 Å². The molecule has 0 radical (unpaired) electrons. The molecule has 12 rings (SSSR count). The van der Waals surface area contributed by atoms with Crippen molar-refractivity contribution in [3.63, 3.8) is 0 Å². The minimum Gasteiger partial charge on any atom is -0.438 e. The van der Waals surface area contributed by atoms with Gasteiger partial charge in [0, 0.05) is 50.1 Å². The Morgan fingerprint density at radius 2 is 1.07 bits per heavy atom. The van der Waals surface area contributed by atoms with Crippen LogP contribution in [0.15, 0.2) is 193 Å². The fourth-order valence-electron chi connectivity index (χ4n) is 8.56. The maximum absolute atomic E-state index is 6.21. The Kier molecular flexibility index (Phi) is 7.13. The van der Waals surface area contributed by atoms with Crippen LogP contribution in [0.2, 0.25) is 0 Å². The molecule has 0 aliphatic carbocycles. The van der Waals surface area contributed by atoms with E-state index in [4.69, 9.17) is 19.4 Å². The van der Waals surface area contributed by atoms with Crippen molar-refractivity contribution < 1.29 is 4.42 Å². The van der Waals surface area contributed by atoms with E-state index in [1.54, 1.807) is 6.20 Å². The van der Waals surface area contributed by atoms with Crippen molar-refractivity contribution in [2.45, 2.75) is 0 Å². The van der Waals surface area contributed by atoms with Crippen LogP contribution in [-0.4, -0.2) is 24.5 Å². The fraction of sp³-hybridized carbons (Fsp3) is 0. The average molecular weight is 742 g/mol. The number of para-hydroxylation sites is 2. The van der Waals surface area contributed by atoms with Gasteiger partial charge in [-0.1, -0.05) is 140 Å². The van der Waals surface area contributed by atoms with E-state index in [0.717, 1.165) is 55.0 Å². The monoisotopic (exact) mass is 741 g/mol. The Balaban J connectivity index is 1.07. The normalized spacial score (nSPS) is 11.8. The molecule has 0 unspecified atom stereocenters. The molecule has 58 heavy (non-hydrogen) atoms. The van der Waals surface area contributed by atoms with Crippen molar-refractivity contribution >= 4 is 65.4 Å². The highest BCUT2D eigenvalue weighted by molar-refractivity contribution is 6.18. The Morgan fingerprint density at radius 1 is 0.414 bits per heavy atom. The van der Waals surface area contributed by atoms with Gasteiger partial charge in [-0.2, -0.15) is 0 Å². The highest BCUT2D eigenvalue weighted by Crippen LogP contribution is 2.39. The molecule has 0 atom stereocenters. The number of hydrogen-bond acceptors (Lipinski definition) is 5. The van der Waals surface area contributed by atoms with E-state index < -0.39 is 0 Å². The third-order valence-corrected chi connectivity index (χ3v) is 11.3. The second-order valence-corrected chi connectivity index (χ2v) is 14.7. The predicted octanol–water partition coefficient (Wildman–Crippen LogP) is 13.2. The Hall–Kier alpha value is -7.96. The maximum Gasteiger partial charge on any atom is 0.228 e. The molecule has 4 aromatic heterocycles. The first-order valence-electron chi connectivity index (χ1n) is 19.4. The molecule has 0 bridgehead atoms. The van der Waals surface area contributed by atoms with E-state index in [9.17, 15) is 0 Å². The van der Waals surface area contributed by atoms with Gasteiger partial charge in [0.1, 0.15) is 5.58 Å². The summed E-state index contributed by atoms with van der Waals surface area (Å²) < 4.78 is 8.58. The topological polar surface area (TPSA) is 69.6 Å². The summed E-state index contributed by atoms with van der Waals surface area (Å²) in [6, 6.07) is 63.7. The first-order valence-corrected chi connectivity index (χ1v) is 19.4. The minimum absolute atomic E-state index is 0.544. The summed E-state index contributed by atoms with van der Waals surface area (Å²) in [5.74, 6) is 1.71. The van der Waals surface area contributed by atoms with Gasteiger partial charge in [0.15, 0.2) is 17.5 Å². The first-order chi connectivity index (χ1) is 28.7. The van der Waals surface area contributed by atoms with Gasteiger partial charge in [-0.3, -0.25) is 0 Å². The third kappa shape index (κ3) is 5.12. The number of furan rings is 1. The van der Waals surface area contributed by atoms with Crippen molar-refractivity contribution in [3.8, 4) is 51.0 Å². The van der Waals surface area contributed by atoms with Crippen molar-refractivity contribution in [1.29, 1.82) is 0 Å². The van der Waals surface area contributed by atoms with Crippen LogP contribution in [0.3, 0.4) is 0 Å². The number of rotatable bonds is 5. The Bertz CT molecular complexity index is 3590.